The molecule has 3 N–H and O–H groups in total. The molecule has 3 rings (SSSR count). The normalized spacial score (nSPS) is 23.7. The van der Waals surface area contributed by atoms with E-state index in [-0.39, 0.29) is 12.9 Å². The van der Waals surface area contributed by atoms with Crippen LogP contribution in [0.3, 0.4) is 0 Å². The summed E-state index contributed by atoms with van der Waals surface area (Å²) in [5.74, 6) is 1.11. The number of hydrogen-bond donors (Lipinski definition) is 3. The van der Waals surface area contributed by atoms with E-state index in [4.69, 9.17) is 0 Å². The Labute approximate surface area is 182 Å². The Morgan fingerprint density at radius 2 is 2.10 bits per heavy atom. The van der Waals surface area contributed by atoms with Crippen molar-refractivity contribution in [1.29, 1.82) is 0 Å². The van der Waals surface area contributed by atoms with Crippen molar-refractivity contribution in [1.82, 2.24) is 25.3 Å². The van der Waals surface area contributed by atoms with E-state index < -0.39 is 0 Å². The highest BCUT2D eigenvalue weighted by Crippen LogP contribution is 2.32. The zero-order chi connectivity index (χ0) is 21.7. The van der Waals surface area contributed by atoms with Gasteiger partial charge in [0.2, 0.25) is 0 Å². The van der Waals surface area contributed by atoms with E-state index in [0.717, 1.165) is 49.7 Å². The van der Waals surface area contributed by atoms with Gasteiger partial charge in [0, 0.05) is 42.8 Å². The third kappa shape index (κ3) is 4.93. The minimum Gasteiger partial charge on any atom is -0.376 e. The van der Waals surface area contributed by atoms with Gasteiger partial charge >= 0.3 is 0 Å². The second-order valence-corrected chi connectivity index (χ2v) is 9.10. The summed E-state index contributed by atoms with van der Waals surface area (Å²) in [6, 6.07) is 0. The van der Waals surface area contributed by atoms with Gasteiger partial charge in [0.15, 0.2) is 0 Å². The molecule has 0 radical (unpaired) electrons. The summed E-state index contributed by atoms with van der Waals surface area (Å²) in [6.45, 7) is 15.0. The molecule has 1 saturated heterocycles. The van der Waals surface area contributed by atoms with Crippen LogP contribution in [0.4, 0.5) is 0 Å². The summed E-state index contributed by atoms with van der Waals surface area (Å²) >= 11 is 0. The predicted octanol–water partition coefficient (Wildman–Crippen LogP) is 2.91. The number of likely N-dealkylation sites (N-methyl/N-ethyl adjacent to an activating group) is 1. The second kappa shape index (κ2) is 9.75. The lowest BCUT2D eigenvalue weighted by Crippen LogP contribution is -2.45. The fourth-order valence-electron chi connectivity index (χ4n) is 4.32. The maximum Gasteiger partial charge on any atom is 0.116 e. The SMILES string of the molecule is C=CC1=C(N(CCC)C2=CC(NC)N(CO)C=C2)NCC(N2CCC(C)(C)CC2)=C1. The van der Waals surface area contributed by atoms with Crippen LogP contribution in [0.15, 0.2) is 59.9 Å². The van der Waals surface area contributed by atoms with Crippen LogP contribution in [0.5, 0.6) is 0 Å². The second-order valence-electron chi connectivity index (χ2n) is 9.10. The van der Waals surface area contributed by atoms with Gasteiger partial charge in [-0.15, -0.1) is 0 Å². The minimum atomic E-state index is -0.0338. The Hall–Kier alpha value is -2.18. The maximum absolute atomic E-state index is 9.58. The number of hydrogen-bond acceptors (Lipinski definition) is 6. The van der Waals surface area contributed by atoms with Crippen molar-refractivity contribution in [3.8, 4) is 0 Å². The highest BCUT2D eigenvalue weighted by Gasteiger charge is 2.28. The van der Waals surface area contributed by atoms with E-state index in [1.165, 1.54) is 18.5 Å². The molecule has 0 saturated carbocycles. The Morgan fingerprint density at radius 3 is 2.70 bits per heavy atom. The van der Waals surface area contributed by atoms with Crippen LogP contribution >= 0.6 is 0 Å². The molecule has 3 aliphatic rings. The topological polar surface area (TPSA) is 54.0 Å². The molecule has 3 aliphatic heterocycles. The van der Waals surface area contributed by atoms with E-state index in [0.29, 0.717) is 5.41 Å². The lowest BCUT2D eigenvalue weighted by molar-refractivity contribution is 0.117. The predicted molar refractivity (Wildman–Crippen MR) is 124 cm³/mol. The Balaban J connectivity index is 1.86. The first-order valence-corrected chi connectivity index (χ1v) is 11.2. The third-order valence-corrected chi connectivity index (χ3v) is 6.39. The molecule has 1 fully saturated rings. The van der Waals surface area contributed by atoms with Crippen LogP contribution < -0.4 is 10.6 Å². The first kappa shape index (κ1) is 22.5. The molecule has 0 aromatic rings. The highest BCUT2D eigenvalue weighted by atomic mass is 16.3. The number of dihydropyridines is 1. The van der Waals surface area contributed by atoms with E-state index in [9.17, 15) is 5.11 Å². The van der Waals surface area contributed by atoms with Gasteiger partial charge in [0.05, 0.1) is 6.54 Å². The van der Waals surface area contributed by atoms with Gasteiger partial charge in [0.25, 0.3) is 0 Å². The molecule has 0 aromatic carbocycles. The summed E-state index contributed by atoms with van der Waals surface area (Å²) in [7, 11) is 1.91. The van der Waals surface area contributed by atoms with Gasteiger partial charge in [0.1, 0.15) is 18.7 Å². The molecule has 1 atom stereocenters. The monoisotopic (exact) mass is 413 g/mol. The average molecular weight is 414 g/mol. The van der Waals surface area contributed by atoms with Crippen molar-refractivity contribution < 1.29 is 5.11 Å². The summed E-state index contributed by atoms with van der Waals surface area (Å²) in [6.07, 6.45) is 13.9. The molecule has 6 nitrogen and oxygen atoms in total. The van der Waals surface area contributed by atoms with Crippen molar-refractivity contribution in [2.24, 2.45) is 5.41 Å². The summed E-state index contributed by atoms with van der Waals surface area (Å²) < 4.78 is 0. The summed E-state index contributed by atoms with van der Waals surface area (Å²) in [4.78, 5) is 6.72. The molecule has 0 aliphatic carbocycles. The quantitative estimate of drug-likeness (QED) is 0.569. The van der Waals surface area contributed by atoms with E-state index in [1.807, 2.05) is 24.2 Å². The smallest absolute Gasteiger partial charge is 0.116 e. The van der Waals surface area contributed by atoms with Gasteiger partial charge < -0.3 is 25.1 Å². The molecule has 30 heavy (non-hydrogen) atoms. The Kier molecular flexibility index (Phi) is 7.32. The number of piperidine rings is 1. The molecule has 0 amide bonds. The van der Waals surface area contributed by atoms with Crippen molar-refractivity contribution >= 4 is 0 Å². The van der Waals surface area contributed by atoms with Crippen molar-refractivity contribution in [3.63, 3.8) is 0 Å². The van der Waals surface area contributed by atoms with Crippen LogP contribution in [0.25, 0.3) is 0 Å². The molecule has 3 heterocycles. The van der Waals surface area contributed by atoms with Crippen molar-refractivity contribution in [2.75, 3.05) is 40.0 Å². The van der Waals surface area contributed by atoms with Gasteiger partial charge in [-0.25, -0.2) is 0 Å². The highest BCUT2D eigenvalue weighted by molar-refractivity contribution is 5.42. The number of nitrogens with zero attached hydrogens (tertiary/aromatic N) is 3. The molecule has 6 heteroatoms. The van der Waals surface area contributed by atoms with Crippen LogP contribution in [0.1, 0.15) is 40.0 Å². The Bertz CT molecular complexity index is 739. The van der Waals surface area contributed by atoms with E-state index in [2.05, 4.69) is 66.0 Å². The Morgan fingerprint density at radius 1 is 1.37 bits per heavy atom. The molecular formula is C24H39N5O. The zero-order valence-corrected chi connectivity index (χ0v) is 19.1. The maximum atomic E-state index is 9.58. The van der Waals surface area contributed by atoms with Crippen LogP contribution in [-0.2, 0) is 0 Å². The molecule has 0 spiro atoms. The minimum absolute atomic E-state index is 0.0167. The van der Waals surface area contributed by atoms with Gasteiger partial charge in [-0.3, -0.25) is 5.32 Å². The number of rotatable bonds is 8. The van der Waals surface area contributed by atoms with Crippen LogP contribution in [-0.4, -0.2) is 65.9 Å². The van der Waals surface area contributed by atoms with E-state index >= 15 is 0 Å². The van der Waals surface area contributed by atoms with Crippen LogP contribution in [0, 0.1) is 5.41 Å². The lowest BCUT2D eigenvalue weighted by Gasteiger charge is -2.42. The standard InChI is InChI=1S/C24H39N5O/c1-6-11-29(20-8-12-28(18-30)22(16-20)25-5)23-19(7-2)15-21(17-26-23)27-13-9-24(3,4)10-14-27/h7-8,12,15-16,22,25-26,30H,2,6,9-11,13-14,17-18H2,1,3-5H3. The third-order valence-electron chi connectivity index (χ3n) is 6.39. The number of likely N-dealkylation sites (tertiary alicyclic amines) is 1. The molecule has 1 unspecified atom stereocenters. The fraction of sp³-hybridized carbons (Fsp3) is 0.583. The number of nitrogens with one attached hydrogen (secondary N) is 2. The number of aliphatic hydroxyl groups excluding tert-OH is 1. The van der Waals surface area contributed by atoms with E-state index in [1.54, 1.807) is 0 Å². The number of aliphatic hydroxyl groups is 1. The average Bonchev–Trinajstić information content (AvgIpc) is 2.76. The zero-order valence-electron chi connectivity index (χ0n) is 19.1. The van der Waals surface area contributed by atoms with Gasteiger partial charge in [-0.05, 0) is 50.0 Å². The molecule has 0 aromatic heterocycles. The fourth-order valence-corrected chi connectivity index (χ4v) is 4.32. The first-order chi connectivity index (χ1) is 14.4. The van der Waals surface area contributed by atoms with Gasteiger partial charge in [-0.2, -0.15) is 0 Å². The molecular weight excluding hydrogens is 374 g/mol. The van der Waals surface area contributed by atoms with Crippen molar-refractivity contribution in [2.45, 2.75) is 46.2 Å². The van der Waals surface area contributed by atoms with Crippen molar-refractivity contribution in [3.05, 3.63) is 59.9 Å². The first-order valence-electron chi connectivity index (χ1n) is 11.2. The largest absolute Gasteiger partial charge is 0.376 e. The molecule has 166 valence electrons. The number of allylic oxidation sites excluding steroid dienone is 4. The lowest BCUT2D eigenvalue weighted by atomic mass is 9.82. The molecule has 0 bridgehead atoms. The summed E-state index contributed by atoms with van der Waals surface area (Å²) in [5.41, 5.74) is 4.06. The summed E-state index contributed by atoms with van der Waals surface area (Å²) in [5, 5.41) is 16.5. The van der Waals surface area contributed by atoms with Gasteiger partial charge in [-0.1, -0.05) is 33.4 Å². The van der Waals surface area contributed by atoms with Crippen LogP contribution in [0.2, 0.25) is 0 Å².